The molecule has 0 radical (unpaired) electrons. The molecule has 0 heterocycles. The zero-order valence-corrected chi connectivity index (χ0v) is 13.6. The van der Waals surface area contributed by atoms with E-state index in [0.717, 1.165) is 11.1 Å². The van der Waals surface area contributed by atoms with Gasteiger partial charge in [-0.2, -0.15) is 0 Å². The van der Waals surface area contributed by atoms with Crippen molar-refractivity contribution in [3.8, 4) is 0 Å². The molecule has 118 valence electrons. The molecule has 3 rings (SSSR count). The van der Waals surface area contributed by atoms with Crippen LogP contribution in [0.15, 0.2) is 104 Å². The third-order valence-electron chi connectivity index (χ3n) is 4.41. The third kappa shape index (κ3) is 2.81. The fraction of sp³-hybridized carbons (Fsp3) is 0.0870. The first kappa shape index (κ1) is 15.9. The fourth-order valence-electron chi connectivity index (χ4n) is 3.26. The Kier molecular flexibility index (Phi) is 4.72. The minimum atomic E-state index is -0.758. The van der Waals surface area contributed by atoms with Crippen molar-refractivity contribution in [2.45, 2.75) is 11.8 Å². The second kappa shape index (κ2) is 7.10. The van der Waals surface area contributed by atoms with Crippen LogP contribution in [0.2, 0.25) is 0 Å². The van der Waals surface area contributed by atoms with Crippen molar-refractivity contribution in [2.24, 2.45) is 0 Å². The molecular weight excluding hydrogens is 292 g/mol. The summed E-state index contributed by atoms with van der Waals surface area (Å²) in [6.45, 7) is 3.92. The Bertz CT molecular complexity index is 765. The van der Waals surface area contributed by atoms with E-state index in [1.807, 2.05) is 97.1 Å². The van der Waals surface area contributed by atoms with Crippen molar-refractivity contribution in [1.29, 1.82) is 0 Å². The Morgan fingerprint density at radius 3 is 1.58 bits per heavy atom. The lowest BCUT2D eigenvalue weighted by Gasteiger charge is -2.33. The lowest BCUT2D eigenvalue weighted by Crippen LogP contribution is -2.37. The van der Waals surface area contributed by atoms with Gasteiger partial charge in [-0.15, -0.1) is 6.58 Å². The van der Waals surface area contributed by atoms with Gasteiger partial charge in [-0.05, 0) is 17.5 Å². The Hall–Kier alpha value is -2.93. The summed E-state index contributed by atoms with van der Waals surface area (Å²) >= 11 is 0. The Labute approximate surface area is 143 Å². The van der Waals surface area contributed by atoms with Gasteiger partial charge in [0.05, 0.1) is 5.41 Å². The van der Waals surface area contributed by atoms with E-state index >= 15 is 0 Å². The maximum absolute atomic E-state index is 13.6. The quantitative estimate of drug-likeness (QED) is 0.438. The number of hydrogen-bond acceptors (Lipinski definition) is 1. The summed E-state index contributed by atoms with van der Waals surface area (Å²) in [6, 6.07) is 29.5. The van der Waals surface area contributed by atoms with Crippen LogP contribution < -0.4 is 0 Å². The highest BCUT2D eigenvalue weighted by molar-refractivity contribution is 6.06. The van der Waals surface area contributed by atoms with Crippen LogP contribution in [-0.4, -0.2) is 5.78 Å². The minimum absolute atomic E-state index is 0.0976. The first-order valence-electron chi connectivity index (χ1n) is 8.11. The molecule has 24 heavy (non-hydrogen) atoms. The molecule has 1 heteroatoms. The highest BCUT2D eigenvalue weighted by Gasteiger charge is 2.40. The predicted octanol–water partition coefficient (Wildman–Crippen LogP) is 5.43. The summed E-state index contributed by atoms with van der Waals surface area (Å²) < 4.78 is 0. The van der Waals surface area contributed by atoms with Crippen molar-refractivity contribution in [2.75, 3.05) is 0 Å². The molecule has 0 aliphatic carbocycles. The minimum Gasteiger partial charge on any atom is -0.293 e. The van der Waals surface area contributed by atoms with Crippen molar-refractivity contribution >= 4 is 5.78 Å². The van der Waals surface area contributed by atoms with E-state index < -0.39 is 5.41 Å². The molecule has 0 unspecified atom stereocenters. The average molecular weight is 312 g/mol. The molecule has 0 spiro atoms. The van der Waals surface area contributed by atoms with Crippen LogP contribution in [-0.2, 0) is 5.41 Å². The lowest BCUT2D eigenvalue weighted by atomic mass is 9.67. The number of rotatable bonds is 6. The van der Waals surface area contributed by atoms with Crippen molar-refractivity contribution < 1.29 is 4.79 Å². The fourth-order valence-corrected chi connectivity index (χ4v) is 3.26. The summed E-state index contributed by atoms with van der Waals surface area (Å²) in [5, 5.41) is 0. The zero-order valence-electron chi connectivity index (χ0n) is 13.6. The molecule has 3 aromatic rings. The van der Waals surface area contributed by atoms with E-state index in [0.29, 0.717) is 12.0 Å². The summed E-state index contributed by atoms with van der Waals surface area (Å²) in [7, 11) is 0. The molecule has 0 amide bonds. The number of allylic oxidation sites excluding steroid dienone is 1. The van der Waals surface area contributed by atoms with E-state index in [1.54, 1.807) is 0 Å². The number of carbonyl (C=O) groups excluding carboxylic acids is 1. The van der Waals surface area contributed by atoms with E-state index in [1.165, 1.54) is 0 Å². The second-order valence-electron chi connectivity index (χ2n) is 5.83. The van der Waals surface area contributed by atoms with Gasteiger partial charge in [0.25, 0.3) is 0 Å². The smallest absolute Gasteiger partial charge is 0.178 e. The van der Waals surface area contributed by atoms with Gasteiger partial charge in [-0.3, -0.25) is 4.79 Å². The normalized spacial score (nSPS) is 11.0. The number of hydrogen-bond donors (Lipinski definition) is 0. The third-order valence-corrected chi connectivity index (χ3v) is 4.41. The first-order chi connectivity index (χ1) is 11.8. The van der Waals surface area contributed by atoms with Crippen LogP contribution >= 0.6 is 0 Å². The number of Topliss-reactive ketones (excluding diaryl/α,β-unsaturated/α-hetero) is 1. The van der Waals surface area contributed by atoms with Crippen LogP contribution in [0.25, 0.3) is 0 Å². The van der Waals surface area contributed by atoms with Crippen molar-refractivity contribution in [3.05, 3.63) is 120 Å². The Morgan fingerprint density at radius 1 is 0.750 bits per heavy atom. The predicted molar refractivity (Wildman–Crippen MR) is 99.3 cm³/mol. The van der Waals surface area contributed by atoms with Crippen LogP contribution in [0.3, 0.4) is 0 Å². The van der Waals surface area contributed by atoms with Crippen molar-refractivity contribution in [1.82, 2.24) is 0 Å². The summed E-state index contributed by atoms with van der Waals surface area (Å²) in [4.78, 5) is 13.6. The standard InChI is InChI=1S/C23H20O/c1-2-18-23(20-14-8-4-9-15-20,21-16-10-5-11-17-21)22(24)19-12-6-3-7-13-19/h2-17H,1,18H2. The topological polar surface area (TPSA) is 17.1 Å². The SMILES string of the molecule is C=CCC(C(=O)c1ccccc1)(c1ccccc1)c1ccccc1. The van der Waals surface area contributed by atoms with E-state index in [4.69, 9.17) is 0 Å². The van der Waals surface area contributed by atoms with Gasteiger partial charge in [0.2, 0.25) is 0 Å². The molecule has 0 aliphatic rings. The second-order valence-corrected chi connectivity index (χ2v) is 5.83. The van der Waals surface area contributed by atoms with Gasteiger partial charge in [0.15, 0.2) is 5.78 Å². The molecule has 0 saturated carbocycles. The van der Waals surface area contributed by atoms with Gasteiger partial charge in [0, 0.05) is 5.56 Å². The molecule has 0 fully saturated rings. The van der Waals surface area contributed by atoms with E-state index in [2.05, 4.69) is 6.58 Å². The van der Waals surface area contributed by atoms with E-state index in [-0.39, 0.29) is 5.78 Å². The molecule has 0 bridgehead atoms. The Morgan fingerprint density at radius 2 is 1.17 bits per heavy atom. The molecule has 0 saturated heterocycles. The van der Waals surface area contributed by atoms with Crippen LogP contribution in [0.4, 0.5) is 0 Å². The van der Waals surface area contributed by atoms with E-state index in [9.17, 15) is 4.79 Å². The molecule has 0 aromatic heterocycles. The first-order valence-corrected chi connectivity index (χ1v) is 8.11. The van der Waals surface area contributed by atoms with Crippen LogP contribution in [0.1, 0.15) is 27.9 Å². The number of benzene rings is 3. The Balaban J connectivity index is 2.27. The monoisotopic (exact) mass is 312 g/mol. The lowest BCUT2D eigenvalue weighted by molar-refractivity contribution is 0.0913. The zero-order chi connectivity index (χ0) is 16.8. The van der Waals surface area contributed by atoms with Gasteiger partial charge in [0.1, 0.15) is 0 Å². The van der Waals surface area contributed by atoms with Gasteiger partial charge < -0.3 is 0 Å². The molecule has 1 nitrogen and oxygen atoms in total. The van der Waals surface area contributed by atoms with Gasteiger partial charge in [-0.1, -0.05) is 97.1 Å². The highest BCUT2D eigenvalue weighted by atomic mass is 16.1. The van der Waals surface area contributed by atoms with Crippen molar-refractivity contribution in [3.63, 3.8) is 0 Å². The summed E-state index contributed by atoms with van der Waals surface area (Å²) in [5.74, 6) is 0.0976. The molecule has 0 N–H and O–H groups in total. The number of ketones is 1. The van der Waals surface area contributed by atoms with Crippen LogP contribution in [0, 0.1) is 0 Å². The summed E-state index contributed by atoms with van der Waals surface area (Å²) in [5.41, 5.74) is 1.94. The maximum atomic E-state index is 13.6. The maximum Gasteiger partial charge on any atom is 0.178 e. The average Bonchev–Trinajstić information content (AvgIpc) is 2.68. The van der Waals surface area contributed by atoms with Gasteiger partial charge in [-0.25, -0.2) is 0 Å². The molecule has 0 aliphatic heterocycles. The highest BCUT2D eigenvalue weighted by Crippen LogP contribution is 2.39. The molecule has 3 aromatic carbocycles. The number of carbonyl (C=O) groups is 1. The summed E-state index contributed by atoms with van der Waals surface area (Å²) in [6.07, 6.45) is 2.38. The van der Waals surface area contributed by atoms with Gasteiger partial charge >= 0.3 is 0 Å². The van der Waals surface area contributed by atoms with Crippen LogP contribution in [0.5, 0.6) is 0 Å². The largest absolute Gasteiger partial charge is 0.293 e. The molecule has 0 atom stereocenters. The molecular formula is C23H20O.